The van der Waals surface area contributed by atoms with E-state index in [-0.39, 0.29) is 11.9 Å². The number of hydrogen-bond donors (Lipinski definition) is 0. The van der Waals surface area contributed by atoms with Gasteiger partial charge in [0, 0.05) is 5.92 Å². The number of alkyl halides is 1. The minimum atomic E-state index is -0.517. The monoisotopic (exact) mass is 192 g/mol. The number of esters is 1. The van der Waals surface area contributed by atoms with Gasteiger partial charge in [-0.3, -0.25) is 4.79 Å². The van der Waals surface area contributed by atoms with Gasteiger partial charge in [-0.1, -0.05) is 25.4 Å². The lowest BCUT2D eigenvalue weighted by Crippen LogP contribution is -2.28. The molecule has 0 fully saturated rings. The number of carbonyl (C=O) groups excluding carboxylic acids is 1. The summed E-state index contributed by atoms with van der Waals surface area (Å²) in [6, 6.07) is 0. The van der Waals surface area contributed by atoms with E-state index in [0.29, 0.717) is 0 Å². The van der Waals surface area contributed by atoms with E-state index in [4.69, 9.17) is 16.3 Å². The SMILES string of the molecule is CC(C)C(Cl)OC(=O)C(C)(C)C. The summed E-state index contributed by atoms with van der Waals surface area (Å²) in [7, 11) is 0. The fourth-order valence-corrected chi connectivity index (χ4v) is 0.496. The molecule has 0 radical (unpaired) electrons. The van der Waals surface area contributed by atoms with E-state index in [0.717, 1.165) is 0 Å². The molecule has 1 atom stereocenters. The van der Waals surface area contributed by atoms with Gasteiger partial charge in [-0.05, 0) is 20.8 Å². The molecule has 0 aliphatic rings. The standard InChI is InChI=1S/C9H17ClO2/c1-6(2)7(10)12-8(11)9(3,4)5/h6-7H,1-5H3. The molecule has 3 heteroatoms. The molecule has 0 rings (SSSR count). The second kappa shape index (κ2) is 4.13. The highest BCUT2D eigenvalue weighted by molar-refractivity contribution is 6.20. The summed E-state index contributed by atoms with van der Waals surface area (Å²) in [6.45, 7) is 9.24. The first-order valence-electron chi connectivity index (χ1n) is 4.10. The van der Waals surface area contributed by atoms with E-state index < -0.39 is 11.0 Å². The number of hydrogen-bond acceptors (Lipinski definition) is 2. The lowest BCUT2D eigenvalue weighted by molar-refractivity contribution is -0.156. The molecule has 0 saturated heterocycles. The van der Waals surface area contributed by atoms with Crippen molar-refractivity contribution in [3.05, 3.63) is 0 Å². The fourth-order valence-electron chi connectivity index (χ4n) is 0.415. The van der Waals surface area contributed by atoms with Crippen LogP contribution in [0.1, 0.15) is 34.6 Å². The van der Waals surface area contributed by atoms with Crippen molar-refractivity contribution in [2.24, 2.45) is 11.3 Å². The smallest absolute Gasteiger partial charge is 0.312 e. The summed E-state index contributed by atoms with van der Waals surface area (Å²) in [6.07, 6.45) is 0. The second-order valence-electron chi connectivity index (χ2n) is 4.25. The molecule has 0 aliphatic heterocycles. The molecule has 12 heavy (non-hydrogen) atoms. The lowest BCUT2D eigenvalue weighted by Gasteiger charge is -2.21. The van der Waals surface area contributed by atoms with Crippen LogP contribution in [0.2, 0.25) is 0 Å². The molecule has 0 aromatic carbocycles. The minimum absolute atomic E-state index is 0.151. The van der Waals surface area contributed by atoms with Gasteiger partial charge in [-0.2, -0.15) is 0 Å². The van der Waals surface area contributed by atoms with Gasteiger partial charge in [-0.15, -0.1) is 0 Å². The van der Waals surface area contributed by atoms with E-state index in [9.17, 15) is 4.79 Å². The predicted octanol–water partition coefficient (Wildman–Crippen LogP) is 2.80. The van der Waals surface area contributed by atoms with Gasteiger partial charge in [-0.25, -0.2) is 0 Å². The zero-order chi connectivity index (χ0) is 9.94. The Bertz CT molecular complexity index is 158. The Morgan fingerprint density at radius 1 is 1.33 bits per heavy atom. The Balaban J connectivity index is 4.02. The summed E-state index contributed by atoms with van der Waals surface area (Å²) < 4.78 is 5.00. The Kier molecular flexibility index (Phi) is 4.04. The lowest BCUT2D eigenvalue weighted by atomic mass is 9.97. The normalized spacial score (nSPS) is 14.6. The Morgan fingerprint density at radius 3 is 2.00 bits per heavy atom. The van der Waals surface area contributed by atoms with Gasteiger partial charge in [0.15, 0.2) is 5.56 Å². The average Bonchev–Trinajstić information content (AvgIpc) is 1.85. The van der Waals surface area contributed by atoms with E-state index in [1.54, 1.807) is 20.8 Å². The highest BCUT2D eigenvalue weighted by Gasteiger charge is 2.26. The number of rotatable bonds is 2. The predicted molar refractivity (Wildman–Crippen MR) is 50.0 cm³/mol. The first kappa shape index (κ1) is 11.8. The quantitative estimate of drug-likeness (QED) is 0.497. The summed E-state index contributed by atoms with van der Waals surface area (Å²) in [5, 5.41) is 0. The van der Waals surface area contributed by atoms with Gasteiger partial charge >= 0.3 is 5.97 Å². The Hall–Kier alpha value is -0.240. The molecule has 1 unspecified atom stereocenters. The summed E-state index contributed by atoms with van der Waals surface area (Å²) in [5.41, 5.74) is -0.987. The molecular formula is C9H17ClO2. The molecule has 72 valence electrons. The fraction of sp³-hybridized carbons (Fsp3) is 0.889. The highest BCUT2D eigenvalue weighted by Crippen LogP contribution is 2.20. The molecule has 0 spiro atoms. The third-order valence-electron chi connectivity index (χ3n) is 1.36. The number of halogens is 1. The van der Waals surface area contributed by atoms with Crippen molar-refractivity contribution in [3.63, 3.8) is 0 Å². The molecule has 0 N–H and O–H groups in total. The number of carbonyl (C=O) groups is 1. The van der Waals surface area contributed by atoms with Crippen LogP contribution in [0.4, 0.5) is 0 Å². The van der Waals surface area contributed by atoms with Crippen molar-refractivity contribution >= 4 is 17.6 Å². The molecule has 2 nitrogen and oxygen atoms in total. The molecule has 0 amide bonds. The maximum Gasteiger partial charge on any atom is 0.312 e. The minimum Gasteiger partial charge on any atom is -0.445 e. The molecule has 0 saturated carbocycles. The van der Waals surface area contributed by atoms with Crippen molar-refractivity contribution in [2.75, 3.05) is 0 Å². The van der Waals surface area contributed by atoms with Crippen LogP contribution in [0, 0.1) is 11.3 Å². The van der Waals surface area contributed by atoms with Crippen LogP contribution in [0.25, 0.3) is 0 Å². The molecule has 0 bridgehead atoms. The van der Waals surface area contributed by atoms with E-state index >= 15 is 0 Å². The first-order valence-corrected chi connectivity index (χ1v) is 4.54. The van der Waals surface area contributed by atoms with E-state index in [1.165, 1.54) is 0 Å². The topological polar surface area (TPSA) is 26.3 Å². The summed E-state index contributed by atoms with van der Waals surface area (Å²) >= 11 is 5.77. The molecular weight excluding hydrogens is 176 g/mol. The van der Waals surface area contributed by atoms with Gasteiger partial charge in [0.1, 0.15) is 0 Å². The van der Waals surface area contributed by atoms with Crippen molar-refractivity contribution in [1.82, 2.24) is 0 Å². The molecule has 0 heterocycles. The van der Waals surface area contributed by atoms with Crippen LogP contribution in [0.5, 0.6) is 0 Å². The summed E-state index contributed by atoms with van der Waals surface area (Å²) in [4.78, 5) is 11.3. The van der Waals surface area contributed by atoms with Crippen molar-refractivity contribution in [3.8, 4) is 0 Å². The van der Waals surface area contributed by atoms with E-state index in [2.05, 4.69) is 0 Å². The van der Waals surface area contributed by atoms with Crippen LogP contribution < -0.4 is 0 Å². The zero-order valence-electron chi connectivity index (χ0n) is 8.35. The van der Waals surface area contributed by atoms with E-state index in [1.807, 2.05) is 13.8 Å². The highest BCUT2D eigenvalue weighted by atomic mass is 35.5. The summed E-state index contributed by atoms with van der Waals surface area (Å²) in [5.74, 6) is -0.103. The van der Waals surface area contributed by atoms with Crippen molar-refractivity contribution in [2.45, 2.75) is 40.2 Å². The first-order chi connectivity index (χ1) is 5.25. The largest absolute Gasteiger partial charge is 0.445 e. The van der Waals surface area contributed by atoms with Crippen LogP contribution in [-0.2, 0) is 9.53 Å². The third kappa shape index (κ3) is 3.96. The van der Waals surface area contributed by atoms with Crippen LogP contribution in [0.15, 0.2) is 0 Å². The second-order valence-corrected chi connectivity index (χ2v) is 4.68. The maximum absolute atomic E-state index is 11.3. The van der Waals surface area contributed by atoms with Gasteiger partial charge in [0.2, 0.25) is 0 Å². The molecule has 0 aromatic heterocycles. The number of ether oxygens (including phenoxy) is 1. The van der Waals surface area contributed by atoms with Gasteiger partial charge in [0.05, 0.1) is 5.41 Å². The van der Waals surface area contributed by atoms with Crippen molar-refractivity contribution in [1.29, 1.82) is 0 Å². The van der Waals surface area contributed by atoms with Crippen LogP contribution >= 0.6 is 11.6 Å². The van der Waals surface area contributed by atoms with Crippen LogP contribution in [0.3, 0.4) is 0 Å². The zero-order valence-corrected chi connectivity index (χ0v) is 9.11. The molecule has 0 aromatic rings. The van der Waals surface area contributed by atoms with Gasteiger partial charge in [0.25, 0.3) is 0 Å². The van der Waals surface area contributed by atoms with Crippen molar-refractivity contribution < 1.29 is 9.53 Å². The maximum atomic E-state index is 11.3. The van der Waals surface area contributed by atoms with Gasteiger partial charge < -0.3 is 4.74 Å². The Labute approximate surface area is 79.2 Å². The van der Waals surface area contributed by atoms with Crippen LogP contribution in [-0.4, -0.2) is 11.5 Å². The average molecular weight is 193 g/mol. The molecule has 0 aliphatic carbocycles. The Morgan fingerprint density at radius 2 is 1.75 bits per heavy atom. The third-order valence-corrected chi connectivity index (χ3v) is 1.95.